The number of carbonyl (C=O) groups is 1. The molecule has 26 heavy (non-hydrogen) atoms. The Bertz CT molecular complexity index is 1110. The van der Waals surface area contributed by atoms with E-state index in [-0.39, 0.29) is 15.5 Å². The van der Waals surface area contributed by atoms with Gasteiger partial charge < -0.3 is 9.72 Å². The number of H-pyrrole nitrogens is 1. The first kappa shape index (κ1) is 18.7. The Hall–Kier alpha value is -2.09. The number of hydrogen-bond acceptors (Lipinski definition) is 5. The molecule has 0 aliphatic heterocycles. The molecule has 9 heteroatoms. The van der Waals surface area contributed by atoms with Gasteiger partial charge >= 0.3 is 5.97 Å². The highest BCUT2D eigenvalue weighted by atomic mass is 35.5. The van der Waals surface area contributed by atoms with Crippen LogP contribution in [0.4, 0.5) is 0 Å². The first-order chi connectivity index (χ1) is 12.1. The lowest BCUT2D eigenvalue weighted by Crippen LogP contribution is -2.12. The number of rotatable bonds is 4. The number of sulfone groups is 1. The van der Waals surface area contributed by atoms with Gasteiger partial charge in [-0.1, -0.05) is 23.2 Å². The molecule has 1 atom stereocenters. The Labute approximate surface area is 160 Å². The summed E-state index contributed by atoms with van der Waals surface area (Å²) in [5.74, 6) is -0.308. The van der Waals surface area contributed by atoms with Gasteiger partial charge in [-0.3, -0.25) is 0 Å². The lowest BCUT2D eigenvalue weighted by molar-refractivity contribution is 0.0322. The molecule has 0 saturated carbocycles. The largest absolute Gasteiger partial charge is 0.451 e. The van der Waals surface area contributed by atoms with E-state index < -0.39 is 21.9 Å². The van der Waals surface area contributed by atoms with E-state index >= 15 is 0 Å². The standard InChI is InChI=1S/C17H14Cl2N2O4S/c1-9(16-20-14-6-3-10(18)7-15(14)21-16)25-17(22)12-8-11(26(2,23)24)4-5-13(12)19/h3-9H,1-2H3,(H,20,21)/t9-/m1/s1. The van der Waals surface area contributed by atoms with Crippen molar-refractivity contribution < 1.29 is 17.9 Å². The van der Waals surface area contributed by atoms with Crippen LogP contribution < -0.4 is 0 Å². The molecule has 3 aromatic rings. The summed E-state index contributed by atoms with van der Waals surface area (Å²) in [4.78, 5) is 19.8. The van der Waals surface area contributed by atoms with Gasteiger partial charge in [-0.15, -0.1) is 0 Å². The van der Waals surface area contributed by atoms with Crippen LogP contribution in [0, 0.1) is 0 Å². The fourth-order valence-corrected chi connectivity index (χ4v) is 3.38. The molecule has 1 aromatic heterocycles. The van der Waals surface area contributed by atoms with Gasteiger partial charge in [0.1, 0.15) is 5.82 Å². The van der Waals surface area contributed by atoms with Crippen molar-refractivity contribution >= 4 is 50.0 Å². The van der Waals surface area contributed by atoms with Gasteiger partial charge in [-0.05, 0) is 43.3 Å². The molecule has 0 aliphatic carbocycles. The van der Waals surface area contributed by atoms with Crippen molar-refractivity contribution in [3.8, 4) is 0 Å². The van der Waals surface area contributed by atoms with Crippen molar-refractivity contribution in [3.63, 3.8) is 0 Å². The Balaban J connectivity index is 1.87. The van der Waals surface area contributed by atoms with Crippen LogP contribution in [0.3, 0.4) is 0 Å². The lowest BCUT2D eigenvalue weighted by atomic mass is 10.2. The van der Waals surface area contributed by atoms with Crippen LogP contribution in [0.25, 0.3) is 11.0 Å². The number of ether oxygens (including phenoxy) is 1. The third-order valence-corrected chi connectivity index (χ3v) is 5.39. The molecule has 0 amide bonds. The zero-order valence-corrected chi connectivity index (χ0v) is 16.1. The van der Waals surface area contributed by atoms with Crippen LogP contribution in [0.1, 0.15) is 29.2 Å². The molecular weight excluding hydrogens is 399 g/mol. The molecule has 0 saturated heterocycles. The maximum atomic E-state index is 12.4. The zero-order valence-electron chi connectivity index (χ0n) is 13.8. The van der Waals surface area contributed by atoms with Gasteiger partial charge in [-0.25, -0.2) is 18.2 Å². The average Bonchev–Trinajstić information content (AvgIpc) is 2.97. The number of halogens is 2. The van der Waals surface area contributed by atoms with E-state index in [4.69, 9.17) is 27.9 Å². The number of nitrogens with one attached hydrogen (secondary N) is 1. The van der Waals surface area contributed by atoms with Crippen LogP contribution in [0.2, 0.25) is 10.0 Å². The van der Waals surface area contributed by atoms with E-state index in [1.807, 2.05) is 0 Å². The quantitative estimate of drug-likeness (QED) is 0.648. The molecule has 1 heterocycles. The molecule has 0 fully saturated rings. The van der Waals surface area contributed by atoms with Gasteiger partial charge in [0.25, 0.3) is 0 Å². The summed E-state index contributed by atoms with van der Waals surface area (Å²) >= 11 is 12.0. The number of imidazole rings is 1. The Kier molecular flexibility index (Phi) is 4.96. The van der Waals surface area contributed by atoms with Crippen molar-refractivity contribution in [2.45, 2.75) is 17.9 Å². The minimum atomic E-state index is -3.48. The molecule has 0 bridgehead atoms. The van der Waals surface area contributed by atoms with Crippen molar-refractivity contribution in [1.29, 1.82) is 0 Å². The SMILES string of the molecule is C[C@@H](OC(=O)c1cc(S(C)(=O)=O)ccc1Cl)c1nc2ccc(Cl)cc2[nH]1. The minimum Gasteiger partial charge on any atom is -0.451 e. The number of aromatic amines is 1. The molecule has 0 spiro atoms. The Morgan fingerprint density at radius 2 is 1.92 bits per heavy atom. The third-order valence-electron chi connectivity index (χ3n) is 3.72. The second kappa shape index (κ2) is 6.90. The monoisotopic (exact) mass is 412 g/mol. The highest BCUT2D eigenvalue weighted by molar-refractivity contribution is 7.90. The smallest absolute Gasteiger partial charge is 0.340 e. The number of hydrogen-bond donors (Lipinski definition) is 1. The van der Waals surface area contributed by atoms with Gasteiger partial charge in [-0.2, -0.15) is 0 Å². The van der Waals surface area contributed by atoms with Gasteiger partial charge in [0.2, 0.25) is 0 Å². The lowest BCUT2D eigenvalue weighted by Gasteiger charge is -2.12. The normalized spacial score (nSPS) is 12.9. The van der Waals surface area contributed by atoms with Crippen LogP contribution in [0.15, 0.2) is 41.3 Å². The maximum Gasteiger partial charge on any atom is 0.340 e. The van der Waals surface area contributed by atoms with E-state index in [0.717, 1.165) is 6.26 Å². The fourth-order valence-electron chi connectivity index (χ4n) is 2.37. The summed E-state index contributed by atoms with van der Waals surface area (Å²) in [6.07, 6.45) is 0.347. The molecule has 0 radical (unpaired) electrons. The molecule has 136 valence electrons. The number of carbonyl (C=O) groups excluding carboxylic acids is 1. The van der Waals surface area contributed by atoms with E-state index in [1.165, 1.54) is 18.2 Å². The summed E-state index contributed by atoms with van der Waals surface area (Å²) in [6, 6.07) is 9.06. The van der Waals surface area contributed by atoms with Crippen molar-refractivity contribution in [2.75, 3.05) is 6.26 Å². The highest BCUT2D eigenvalue weighted by Crippen LogP contribution is 2.25. The van der Waals surface area contributed by atoms with Crippen LogP contribution in [0.5, 0.6) is 0 Å². The number of nitrogens with zero attached hydrogens (tertiary/aromatic N) is 1. The van der Waals surface area contributed by atoms with E-state index in [2.05, 4.69) is 9.97 Å². The summed E-state index contributed by atoms with van der Waals surface area (Å²) in [5, 5.41) is 0.660. The molecule has 6 nitrogen and oxygen atoms in total. The molecule has 0 aliphatic rings. The molecule has 0 unspecified atom stereocenters. The number of esters is 1. The van der Waals surface area contributed by atoms with E-state index in [1.54, 1.807) is 25.1 Å². The fraction of sp³-hybridized carbons (Fsp3) is 0.176. The third kappa shape index (κ3) is 3.85. The first-order valence-corrected chi connectivity index (χ1v) is 10.2. The van der Waals surface area contributed by atoms with Gasteiger partial charge in [0.05, 0.1) is 26.5 Å². The van der Waals surface area contributed by atoms with Gasteiger partial charge in [0.15, 0.2) is 15.9 Å². The zero-order chi connectivity index (χ0) is 19.1. The van der Waals surface area contributed by atoms with Crippen LogP contribution in [-0.2, 0) is 14.6 Å². The van der Waals surface area contributed by atoms with Gasteiger partial charge in [0, 0.05) is 11.3 Å². The topological polar surface area (TPSA) is 89.1 Å². The summed E-state index contributed by atoms with van der Waals surface area (Å²) in [5.41, 5.74) is 1.37. The Morgan fingerprint density at radius 1 is 1.19 bits per heavy atom. The van der Waals surface area contributed by atoms with Crippen molar-refractivity contribution in [2.24, 2.45) is 0 Å². The summed E-state index contributed by atoms with van der Waals surface area (Å²) < 4.78 is 28.7. The van der Waals surface area contributed by atoms with E-state index in [9.17, 15) is 13.2 Å². The number of benzene rings is 2. The minimum absolute atomic E-state index is 0.0140. The van der Waals surface area contributed by atoms with Crippen LogP contribution in [-0.4, -0.2) is 30.6 Å². The molecule has 3 rings (SSSR count). The number of fused-ring (bicyclic) bond motifs is 1. The predicted molar refractivity (Wildman–Crippen MR) is 99.5 cm³/mol. The van der Waals surface area contributed by atoms with E-state index in [0.29, 0.717) is 21.9 Å². The summed E-state index contributed by atoms with van der Waals surface area (Å²) in [6.45, 7) is 1.64. The average molecular weight is 413 g/mol. The molecule has 2 aromatic carbocycles. The maximum absolute atomic E-state index is 12.4. The number of aromatic nitrogens is 2. The molecule has 1 N–H and O–H groups in total. The molecular formula is C17H14Cl2N2O4S. The van der Waals surface area contributed by atoms with Crippen molar-refractivity contribution in [1.82, 2.24) is 9.97 Å². The van der Waals surface area contributed by atoms with Crippen LogP contribution >= 0.6 is 23.2 Å². The van der Waals surface area contributed by atoms with Crippen molar-refractivity contribution in [3.05, 3.63) is 57.8 Å². The highest BCUT2D eigenvalue weighted by Gasteiger charge is 2.21. The predicted octanol–water partition coefficient (Wildman–Crippen LogP) is 4.19. The Morgan fingerprint density at radius 3 is 2.62 bits per heavy atom. The summed E-state index contributed by atoms with van der Waals surface area (Å²) in [7, 11) is -3.48. The first-order valence-electron chi connectivity index (χ1n) is 7.51. The second-order valence-electron chi connectivity index (χ2n) is 5.74. The second-order valence-corrected chi connectivity index (χ2v) is 8.60.